The van der Waals surface area contributed by atoms with Gasteiger partial charge < -0.3 is 14.9 Å². The molecule has 192 valence electrons. The predicted octanol–water partition coefficient (Wildman–Crippen LogP) is 4.00. The number of aliphatic hydroxyl groups is 2. The van der Waals surface area contributed by atoms with Crippen molar-refractivity contribution in [1.29, 1.82) is 0 Å². The van der Waals surface area contributed by atoms with E-state index in [2.05, 4.69) is 17.8 Å². The summed E-state index contributed by atoms with van der Waals surface area (Å²) >= 11 is 0. The second kappa shape index (κ2) is 18.7. The lowest BCUT2D eigenvalue weighted by Crippen LogP contribution is -2.10. The standard InChI is InChI=1S/C27H36O7S/c1-2-3-22-34-35(31,32)26-16-13-15-25(23-26)27(30)33-21-12-10-8-6-4-5-7-9-11-14-24(17-19-28)18-20-29/h1,13,15-17,23,28-29H,3-10,12,18-22H2/b24-17+. The average molecular weight is 505 g/mol. The molecule has 0 aliphatic rings. The Morgan fingerprint density at radius 3 is 2.40 bits per heavy atom. The van der Waals surface area contributed by atoms with Crippen LogP contribution in [0.2, 0.25) is 0 Å². The highest BCUT2D eigenvalue weighted by atomic mass is 32.2. The normalized spacial score (nSPS) is 11.4. The Morgan fingerprint density at radius 2 is 1.71 bits per heavy atom. The molecule has 0 aliphatic heterocycles. The molecule has 1 rings (SSSR count). The number of benzene rings is 1. The van der Waals surface area contributed by atoms with Crippen LogP contribution in [-0.4, -0.2) is 51.0 Å². The second-order valence-electron chi connectivity index (χ2n) is 7.81. The number of unbranched alkanes of at least 4 members (excludes halogenated alkanes) is 7. The van der Waals surface area contributed by atoms with Gasteiger partial charge in [-0.05, 0) is 37.1 Å². The lowest BCUT2D eigenvalue weighted by molar-refractivity contribution is 0.0497. The van der Waals surface area contributed by atoms with Gasteiger partial charge in [0.1, 0.15) is 0 Å². The molecule has 35 heavy (non-hydrogen) atoms. The molecular weight excluding hydrogens is 468 g/mol. The summed E-state index contributed by atoms with van der Waals surface area (Å²) < 4.78 is 34.4. The van der Waals surface area contributed by atoms with E-state index in [9.17, 15) is 13.2 Å². The highest BCUT2D eigenvalue weighted by Crippen LogP contribution is 2.16. The summed E-state index contributed by atoms with van der Waals surface area (Å²) in [5.74, 6) is 7.82. The van der Waals surface area contributed by atoms with Crippen molar-refractivity contribution in [2.75, 3.05) is 26.4 Å². The molecule has 0 saturated heterocycles. The van der Waals surface area contributed by atoms with E-state index >= 15 is 0 Å². The smallest absolute Gasteiger partial charge is 0.338 e. The van der Waals surface area contributed by atoms with Crippen molar-refractivity contribution < 1.29 is 32.3 Å². The Hall–Kier alpha value is -2.62. The fourth-order valence-electron chi connectivity index (χ4n) is 3.13. The number of carbonyl (C=O) groups excluding carboxylic acids is 1. The van der Waals surface area contributed by atoms with Crippen molar-refractivity contribution in [2.45, 2.75) is 69.1 Å². The Bertz CT molecular complexity index is 994. The van der Waals surface area contributed by atoms with E-state index < -0.39 is 16.1 Å². The van der Waals surface area contributed by atoms with E-state index in [4.69, 9.17) is 25.6 Å². The Balaban J connectivity index is 2.20. The summed E-state index contributed by atoms with van der Waals surface area (Å²) in [6.07, 6.45) is 15.2. The first-order valence-corrected chi connectivity index (χ1v) is 13.3. The van der Waals surface area contributed by atoms with Crippen LogP contribution in [0, 0.1) is 24.2 Å². The van der Waals surface area contributed by atoms with Gasteiger partial charge >= 0.3 is 5.97 Å². The summed E-state index contributed by atoms with van der Waals surface area (Å²) in [5.41, 5.74) is 0.934. The van der Waals surface area contributed by atoms with Gasteiger partial charge in [-0.2, -0.15) is 8.42 Å². The Kier molecular flexibility index (Phi) is 16.2. The van der Waals surface area contributed by atoms with E-state index in [1.807, 2.05) is 0 Å². The van der Waals surface area contributed by atoms with Gasteiger partial charge in [0.05, 0.1) is 30.3 Å². The van der Waals surface area contributed by atoms with Crippen molar-refractivity contribution in [1.82, 2.24) is 0 Å². The third kappa shape index (κ3) is 13.8. The van der Waals surface area contributed by atoms with Crippen molar-refractivity contribution >= 4 is 16.1 Å². The van der Waals surface area contributed by atoms with Gasteiger partial charge in [-0.3, -0.25) is 4.18 Å². The van der Waals surface area contributed by atoms with Crippen LogP contribution >= 0.6 is 0 Å². The third-order valence-corrected chi connectivity index (χ3v) is 6.30. The maximum atomic E-state index is 12.2. The molecule has 0 spiro atoms. The molecule has 0 fully saturated rings. The van der Waals surface area contributed by atoms with Crippen LogP contribution in [0.4, 0.5) is 0 Å². The van der Waals surface area contributed by atoms with Crippen LogP contribution in [0.15, 0.2) is 40.8 Å². The van der Waals surface area contributed by atoms with E-state index in [0.29, 0.717) is 6.42 Å². The van der Waals surface area contributed by atoms with E-state index in [1.165, 1.54) is 24.3 Å². The molecule has 7 nitrogen and oxygen atoms in total. The fourth-order valence-corrected chi connectivity index (χ4v) is 4.08. The summed E-state index contributed by atoms with van der Waals surface area (Å²) in [7, 11) is -3.97. The molecule has 1 aromatic carbocycles. The van der Waals surface area contributed by atoms with Crippen LogP contribution in [0.3, 0.4) is 0 Å². The van der Waals surface area contributed by atoms with Crippen molar-refractivity contribution in [2.24, 2.45) is 0 Å². The monoisotopic (exact) mass is 504 g/mol. The van der Waals surface area contributed by atoms with Crippen LogP contribution in [0.1, 0.15) is 74.6 Å². The van der Waals surface area contributed by atoms with E-state index in [0.717, 1.165) is 56.9 Å². The zero-order valence-electron chi connectivity index (χ0n) is 20.2. The lowest BCUT2D eigenvalue weighted by atomic mass is 10.1. The maximum absolute atomic E-state index is 12.2. The molecule has 0 unspecified atom stereocenters. The summed E-state index contributed by atoms with van der Waals surface area (Å²) in [4.78, 5) is 12.1. The molecule has 8 heteroatoms. The third-order valence-electron chi connectivity index (χ3n) is 4.99. The molecule has 0 amide bonds. The second-order valence-corrected chi connectivity index (χ2v) is 9.42. The molecule has 0 atom stereocenters. The van der Waals surface area contributed by atoms with Gasteiger partial charge in [0.15, 0.2) is 0 Å². The molecule has 0 saturated carbocycles. The van der Waals surface area contributed by atoms with Crippen LogP contribution in [0.25, 0.3) is 0 Å². The average Bonchev–Trinajstić information content (AvgIpc) is 2.85. The molecule has 2 N–H and O–H groups in total. The highest BCUT2D eigenvalue weighted by Gasteiger charge is 2.17. The minimum absolute atomic E-state index is 0.0286. The van der Waals surface area contributed by atoms with Gasteiger partial charge in [-0.1, -0.05) is 50.0 Å². The Morgan fingerprint density at radius 1 is 1.00 bits per heavy atom. The van der Waals surface area contributed by atoms with Crippen molar-refractivity contribution in [3.05, 3.63) is 41.5 Å². The summed E-state index contributed by atoms with van der Waals surface area (Å²) in [5, 5.41) is 17.9. The van der Waals surface area contributed by atoms with Gasteiger partial charge in [-0.25, -0.2) is 4.79 Å². The number of carbonyl (C=O) groups is 1. The number of rotatable bonds is 17. The maximum Gasteiger partial charge on any atom is 0.338 e. The quantitative estimate of drug-likeness (QED) is 0.143. The number of esters is 1. The van der Waals surface area contributed by atoms with Crippen LogP contribution in [0.5, 0.6) is 0 Å². The van der Waals surface area contributed by atoms with Crippen molar-refractivity contribution in [3.8, 4) is 24.2 Å². The molecule has 0 aliphatic carbocycles. The SMILES string of the molecule is C#CCCOS(=O)(=O)c1cccc(C(=O)OCCCCCCCCCC#C/C(=C\CO)CCO)c1. The first-order chi connectivity index (χ1) is 16.9. The number of hydrogen-bond donors (Lipinski definition) is 2. The largest absolute Gasteiger partial charge is 0.462 e. The minimum atomic E-state index is -3.97. The topological polar surface area (TPSA) is 110 Å². The lowest BCUT2D eigenvalue weighted by Gasteiger charge is -2.07. The zero-order chi connectivity index (χ0) is 25.8. The molecule has 1 aromatic rings. The number of aliphatic hydroxyl groups excluding tert-OH is 2. The Labute approximate surface area is 209 Å². The predicted molar refractivity (Wildman–Crippen MR) is 135 cm³/mol. The molecule has 0 heterocycles. The number of ether oxygens (including phenoxy) is 1. The summed E-state index contributed by atoms with van der Waals surface area (Å²) in [6.45, 7) is 0.129. The van der Waals surface area contributed by atoms with Gasteiger partial charge in [0, 0.05) is 31.4 Å². The molecule has 0 radical (unpaired) electrons. The molecular formula is C27H36O7S. The van der Waals surface area contributed by atoms with Crippen LogP contribution in [-0.2, 0) is 19.0 Å². The van der Waals surface area contributed by atoms with Crippen molar-refractivity contribution in [3.63, 3.8) is 0 Å². The highest BCUT2D eigenvalue weighted by molar-refractivity contribution is 7.86. The number of hydrogen-bond acceptors (Lipinski definition) is 7. The number of terminal acetylenes is 1. The first-order valence-electron chi connectivity index (χ1n) is 11.9. The van der Waals surface area contributed by atoms with Gasteiger partial charge in [0.2, 0.25) is 0 Å². The summed E-state index contributed by atoms with van der Waals surface area (Å²) in [6, 6.07) is 5.58. The first kappa shape index (κ1) is 30.4. The zero-order valence-corrected chi connectivity index (χ0v) is 21.0. The molecule has 0 aromatic heterocycles. The van der Waals surface area contributed by atoms with E-state index in [-0.39, 0.29) is 43.3 Å². The fraction of sp³-hybridized carbons (Fsp3) is 0.519. The van der Waals surface area contributed by atoms with Crippen LogP contribution < -0.4 is 0 Å². The minimum Gasteiger partial charge on any atom is -0.462 e. The van der Waals surface area contributed by atoms with E-state index in [1.54, 1.807) is 6.08 Å². The van der Waals surface area contributed by atoms with Gasteiger partial charge in [-0.15, -0.1) is 12.3 Å². The van der Waals surface area contributed by atoms with Gasteiger partial charge in [0.25, 0.3) is 10.1 Å². The molecule has 0 bridgehead atoms.